The van der Waals surface area contributed by atoms with E-state index < -0.39 is 11.9 Å². The Labute approximate surface area is 153 Å². The Balaban J connectivity index is 2.14. The molecule has 1 aromatic carbocycles. The minimum Gasteiger partial charge on any atom is -0.465 e. The Morgan fingerprint density at radius 1 is 1.38 bits per heavy atom. The van der Waals surface area contributed by atoms with Gasteiger partial charge in [-0.2, -0.15) is 10.1 Å². The van der Waals surface area contributed by atoms with Crippen molar-refractivity contribution in [3.8, 4) is 0 Å². The van der Waals surface area contributed by atoms with Crippen molar-refractivity contribution in [2.45, 2.75) is 13.5 Å². The number of hydrogen-bond acceptors (Lipinski definition) is 5. The van der Waals surface area contributed by atoms with Crippen molar-refractivity contribution < 1.29 is 14.3 Å². The Hall–Kier alpha value is -3.00. The molecule has 0 aliphatic carbocycles. The third-order valence-electron chi connectivity index (χ3n) is 3.95. The molecular formula is C18H18N4O3S. The molecule has 3 rings (SSSR count). The SMILES string of the molecule is C=CCn1c(=NC(=O)c2cc(C)n(C)n2)sc2cc(C(=O)OC)ccc21. The molecule has 0 aliphatic heterocycles. The van der Waals surface area contributed by atoms with Crippen LogP contribution in [0.5, 0.6) is 0 Å². The normalized spacial score (nSPS) is 11.7. The van der Waals surface area contributed by atoms with E-state index in [1.807, 2.05) is 17.6 Å². The van der Waals surface area contributed by atoms with E-state index in [1.54, 1.807) is 36.0 Å². The Kier molecular flexibility index (Phi) is 4.85. The largest absolute Gasteiger partial charge is 0.465 e. The van der Waals surface area contributed by atoms with Crippen LogP contribution in [0.3, 0.4) is 0 Å². The highest BCUT2D eigenvalue weighted by Gasteiger charge is 2.14. The van der Waals surface area contributed by atoms with Crippen LogP contribution in [0.1, 0.15) is 26.5 Å². The summed E-state index contributed by atoms with van der Waals surface area (Å²) >= 11 is 1.33. The summed E-state index contributed by atoms with van der Waals surface area (Å²) in [4.78, 5) is 29.0. The van der Waals surface area contributed by atoms with E-state index in [0.717, 1.165) is 15.9 Å². The number of esters is 1. The average molecular weight is 370 g/mol. The Morgan fingerprint density at radius 2 is 2.15 bits per heavy atom. The maximum absolute atomic E-state index is 12.5. The summed E-state index contributed by atoms with van der Waals surface area (Å²) in [5.41, 5.74) is 2.49. The maximum Gasteiger partial charge on any atom is 0.337 e. The van der Waals surface area contributed by atoms with Gasteiger partial charge in [0.1, 0.15) is 0 Å². The molecule has 2 aromatic heterocycles. The summed E-state index contributed by atoms with van der Waals surface area (Å²) in [7, 11) is 3.12. The number of hydrogen-bond donors (Lipinski definition) is 0. The quantitative estimate of drug-likeness (QED) is 0.522. The van der Waals surface area contributed by atoms with Gasteiger partial charge in [0.2, 0.25) is 0 Å². The second kappa shape index (κ2) is 7.09. The van der Waals surface area contributed by atoms with Crippen molar-refractivity contribution in [2.24, 2.45) is 12.0 Å². The lowest BCUT2D eigenvalue weighted by Crippen LogP contribution is -2.16. The predicted molar refractivity (Wildman–Crippen MR) is 99.2 cm³/mol. The van der Waals surface area contributed by atoms with Crippen LogP contribution in [-0.2, 0) is 18.3 Å². The van der Waals surface area contributed by atoms with E-state index in [1.165, 1.54) is 18.4 Å². The first-order chi connectivity index (χ1) is 12.4. The Morgan fingerprint density at radius 3 is 2.77 bits per heavy atom. The number of fused-ring (bicyclic) bond motifs is 1. The lowest BCUT2D eigenvalue weighted by molar-refractivity contribution is 0.0601. The first-order valence-corrected chi connectivity index (χ1v) is 8.68. The van der Waals surface area contributed by atoms with Gasteiger partial charge in [0.25, 0.3) is 5.91 Å². The predicted octanol–water partition coefficient (Wildman–Crippen LogP) is 2.46. The lowest BCUT2D eigenvalue weighted by atomic mass is 10.2. The van der Waals surface area contributed by atoms with Gasteiger partial charge in [-0.25, -0.2) is 4.79 Å². The highest BCUT2D eigenvalue weighted by molar-refractivity contribution is 7.16. The third kappa shape index (κ3) is 3.23. The number of amides is 1. The average Bonchev–Trinajstić information content (AvgIpc) is 3.14. The van der Waals surface area contributed by atoms with Gasteiger partial charge in [0, 0.05) is 19.3 Å². The number of ether oxygens (including phenoxy) is 1. The van der Waals surface area contributed by atoms with E-state index in [-0.39, 0.29) is 0 Å². The minimum atomic E-state index is -0.411. The van der Waals surface area contributed by atoms with Crippen LogP contribution < -0.4 is 4.80 Å². The van der Waals surface area contributed by atoms with Gasteiger partial charge in [-0.05, 0) is 31.2 Å². The van der Waals surface area contributed by atoms with Gasteiger partial charge in [-0.15, -0.1) is 6.58 Å². The van der Waals surface area contributed by atoms with Crippen LogP contribution >= 0.6 is 11.3 Å². The molecule has 134 valence electrons. The molecule has 0 aliphatic rings. The zero-order chi connectivity index (χ0) is 18.8. The molecule has 0 bridgehead atoms. The zero-order valence-corrected chi connectivity index (χ0v) is 15.5. The molecule has 8 heteroatoms. The molecule has 0 fully saturated rings. The number of rotatable bonds is 4. The fourth-order valence-corrected chi connectivity index (χ4v) is 3.60. The van der Waals surface area contributed by atoms with E-state index in [4.69, 9.17) is 4.74 Å². The summed E-state index contributed by atoms with van der Waals surface area (Å²) in [6, 6.07) is 6.94. The van der Waals surface area contributed by atoms with Crippen molar-refractivity contribution in [1.82, 2.24) is 14.3 Å². The molecule has 0 spiro atoms. The molecule has 0 saturated carbocycles. The third-order valence-corrected chi connectivity index (χ3v) is 4.99. The molecule has 26 heavy (non-hydrogen) atoms. The molecule has 0 saturated heterocycles. The lowest BCUT2D eigenvalue weighted by Gasteiger charge is -2.02. The molecule has 0 radical (unpaired) electrons. The van der Waals surface area contributed by atoms with Gasteiger partial charge in [-0.3, -0.25) is 9.48 Å². The van der Waals surface area contributed by atoms with E-state index in [9.17, 15) is 9.59 Å². The first-order valence-electron chi connectivity index (χ1n) is 7.87. The van der Waals surface area contributed by atoms with Gasteiger partial charge in [-0.1, -0.05) is 17.4 Å². The number of methoxy groups -OCH3 is 1. The van der Waals surface area contributed by atoms with Crippen LogP contribution in [0, 0.1) is 6.92 Å². The highest BCUT2D eigenvalue weighted by atomic mass is 32.1. The second-order valence-corrected chi connectivity index (χ2v) is 6.68. The Bertz CT molecular complexity index is 1070. The van der Waals surface area contributed by atoms with Crippen molar-refractivity contribution in [3.05, 3.63) is 58.7 Å². The number of aromatic nitrogens is 3. The summed E-state index contributed by atoms with van der Waals surface area (Å²) < 4.78 is 9.10. The van der Waals surface area contributed by atoms with Crippen molar-refractivity contribution in [3.63, 3.8) is 0 Å². The standard InChI is InChI=1S/C18H18N4O3S/c1-5-8-22-14-7-6-12(17(24)25-4)10-15(14)26-18(22)19-16(23)13-9-11(2)21(3)20-13/h5-7,9-10H,1,8H2,2-4H3. The topological polar surface area (TPSA) is 78.5 Å². The molecular weight excluding hydrogens is 352 g/mol. The molecule has 0 unspecified atom stereocenters. The van der Waals surface area contributed by atoms with Crippen LogP contribution in [0.25, 0.3) is 10.2 Å². The molecule has 7 nitrogen and oxygen atoms in total. The summed E-state index contributed by atoms with van der Waals surface area (Å²) in [6.07, 6.45) is 1.73. The van der Waals surface area contributed by atoms with E-state index in [2.05, 4.69) is 16.7 Å². The number of allylic oxidation sites excluding steroid dienone is 1. The number of thiazole rings is 1. The van der Waals surface area contributed by atoms with Crippen LogP contribution in [0.15, 0.2) is 41.9 Å². The molecule has 0 N–H and O–H groups in total. The van der Waals surface area contributed by atoms with Gasteiger partial charge < -0.3 is 9.30 Å². The van der Waals surface area contributed by atoms with Crippen molar-refractivity contribution in [1.29, 1.82) is 0 Å². The number of benzene rings is 1. The van der Waals surface area contributed by atoms with Crippen LogP contribution in [0.4, 0.5) is 0 Å². The van der Waals surface area contributed by atoms with Gasteiger partial charge in [0.15, 0.2) is 10.5 Å². The number of nitrogens with zero attached hydrogens (tertiary/aromatic N) is 4. The van der Waals surface area contributed by atoms with Gasteiger partial charge >= 0.3 is 5.97 Å². The van der Waals surface area contributed by atoms with Crippen molar-refractivity contribution >= 4 is 33.4 Å². The summed E-state index contributed by atoms with van der Waals surface area (Å²) in [5, 5.41) is 4.17. The molecule has 0 atom stereocenters. The number of aryl methyl sites for hydroxylation is 2. The fraction of sp³-hybridized carbons (Fsp3) is 0.222. The van der Waals surface area contributed by atoms with Crippen molar-refractivity contribution in [2.75, 3.05) is 7.11 Å². The van der Waals surface area contributed by atoms with E-state index in [0.29, 0.717) is 22.6 Å². The number of carbonyl (C=O) groups excluding carboxylic acids is 2. The molecule has 2 heterocycles. The molecule has 3 aromatic rings. The fourth-order valence-electron chi connectivity index (χ4n) is 2.52. The van der Waals surface area contributed by atoms with Crippen LogP contribution in [0.2, 0.25) is 0 Å². The summed E-state index contributed by atoms with van der Waals surface area (Å²) in [6.45, 7) is 6.12. The first kappa shape index (κ1) is 17.8. The van der Waals surface area contributed by atoms with E-state index >= 15 is 0 Å². The highest BCUT2D eigenvalue weighted by Crippen LogP contribution is 2.20. The van der Waals surface area contributed by atoms with Gasteiger partial charge in [0.05, 0.1) is 22.9 Å². The second-order valence-electron chi connectivity index (χ2n) is 5.67. The minimum absolute atomic E-state index is 0.294. The summed E-state index contributed by atoms with van der Waals surface area (Å²) in [5.74, 6) is -0.819. The molecule has 1 amide bonds. The number of carbonyl (C=O) groups is 2. The van der Waals surface area contributed by atoms with Crippen LogP contribution in [-0.4, -0.2) is 33.3 Å². The monoisotopic (exact) mass is 370 g/mol. The smallest absolute Gasteiger partial charge is 0.337 e. The maximum atomic E-state index is 12.5. The zero-order valence-electron chi connectivity index (χ0n) is 14.7.